The number of carbonyl (C=O) groups is 1. The van der Waals surface area contributed by atoms with Crippen molar-refractivity contribution in [3.8, 4) is 0 Å². The lowest BCUT2D eigenvalue weighted by Crippen LogP contribution is -2.12. The maximum Gasteiger partial charge on any atom is 0.332 e. The van der Waals surface area contributed by atoms with Crippen molar-refractivity contribution < 1.29 is 14.3 Å². The Bertz CT molecular complexity index is 358. The molecule has 0 radical (unpaired) electrons. The molecule has 0 saturated heterocycles. The maximum atomic E-state index is 11.0. The summed E-state index contributed by atoms with van der Waals surface area (Å²) in [6, 6.07) is 6.16. The van der Waals surface area contributed by atoms with E-state index in [0.717, 1.165) is 5.56 Å². The molecule has 0 aliphatic carbocycles. The van der Waals surface area contributed by atoms with Gasteiger partial charge in [-0.05, 0) is 31.9 Å². The van der Waals surface area contributed by atoms with Gasteiger partial charge in [0.05, 0.1) is 13.2 Å². The van der Waals surface area contributed by atoms with Crippen LogP contribution in [0.15, 0.2) is 18.2 Å². The third-order valence-corrected chi connectivity index (χ3v) is 2.28. The third kappa shape index (κ3) is 4.03. The van der Waals surface area contributed by atoms with Gasteiger partial charge in [0.2, 0.25) is 0 Å². The van der Waals surface area contributed by atoms with Crippen LogP contribution in [-0.2, 0) is 20.9 Å². The summed E-state index contributed by atoms with van der Waals surface area (Å²) < 4.78 is 10.0. The molecule has 0 bridgehead atoms. The van der Waals surface area contributed by atoms with E-state index in [1.54, 1.807) is 6.92 Å². The van der Waals surface area contributed by atoms with Crippen molar-refractivity contribution in [1.29, 1.82) is 0 Å². The lowest BCUT2D eigenvalue weighted by Gasteiger charge is -2.07. The third-order valence-electron chi connectivity index (χ3n) is 2.28. The van der Waals surface area contributed by atoms with E-state index in [9.17, 15) is 4.79 Å². The van der Waals surface area contributed by atoms with Crippen LogP contribution >= 0.6 is 0 Å². The molecule has 0 unspecified atom stereocenters. The smallest absolute Gasteiger partial charge is 0.332 e. The highest BCUT2D eigenvalue weighted by atomic mass is 16.6. The van der Waals surface area contributed by atoms with E-state index in [2.05, 4.69) is 13.0 Å². The van der Waals surface area contributed by atoms with Crippen molar-refractivity contribution in [2.75, 3.05) is 13.2 Å². The fourth-order valence-corrected chi connectivity index (χ4v) is 1.45. The van der Waals surface area contributed by atoms with Gasteiger partial charge in [-0.3, -0.25) is 0 Å². The van der Waals surface area contributed by atoms with Crippen LogP contribution < -0.4 is 0 Å². The molecule has 0 aliphatic rings. The Morgan fingerprint density at radius 2 is 2.06 bits per heavy atom. The molecule has 16 heavy (non-hydrogen) atoms. The van der Waals surface area contributed by atoms with Gasteiger partial charge in [0.1, 0.15) is 6.61 Å². The van der Waals surface area contributed by atoms with E-state index >= 15 is 0 Å². The van der Waals surface area contributed by atoms with Crippen molar-refractivity contribution in [1.82, 2.24) is 0 Å². The molecule has 0 aromatic heterocycles. The van der Waals surface area contributed by atoms with Gasteiger partial charge >= 0.3 is 5.97 Å². The summed E-state index contributed by atoms with van der Waals surface area (Å²) in [5.41, 5.74) is 3.52. The first-order valence-corrected chi connectivity index (χ1v) is 5.43. The fourth-order valence-electron chi connectivity index (χ4n) is 1.45. The Kier molecular flexibility index (Phi) is 4.99. The molecule has 0 atom stereocenters. The van der Waals surface area contributed by atoms with E-state index in [-0.39, 0.29) is 12.6 Å². The largest absolute Gasteiger partial charge is 0.464 e. The predicted molar refractivity (Wildman–Crippen MR) is 62.2 cm³/mol. The van der Waals surface area contributed by atoms with Gasteiger partial charge < -0.3 is 9.47 Å². The van der Waals surface area contributed by atoms with Crippen molar-refractivity contribution in [3.63, 3.8) is 0 Å². The first-order chi connectivity index (χ1) is 7.63. The zero-order valence-corrected chi connectivity index (χ0v) is 10.1. The number of esters is 1. The molecule has 1 aromatic carbocycles. The van der Waals surface area contributed by atoms with Gasteiger partial charge in [-0.1, -0.05) is 23.8 Å². The first kappa shape index (κ1) is 12.7. The van der Waals surface area contributed by atoms with Crippen LogP contribution in [-0.4, -0.2) is 19.2 Å². The molecule has 0 amide bonds. The monoisotopic (exact) mass is 222 g/mol. The molecule has 0 saturated carbocycles. The molecular formula is C13H18O3. The molecule has 88 valence electrons. The highest BCUT2D eigenvalue weighted by Crippen LogP contribution is 2.11. The minimum atomic E-state index is -0.313. The van der Waals surface area contributed by atoms with Crippen molar-refractivity contribution in [2.24, 2.45) is 0 Å². The minimum Gasteiger partial charge on any atom is -0.464 e. The first-order valence-electron chi connectivity index (χ1n) is 5.43. The number of rotatable bonds is 5. The fraction of sp³-hybridized carbons (Fsp3) is 0.462. The Morgan fingerprint density at radius 1 is 1.31 bits per heavy atom. The highest BCUT2D eigenvalue weighted by molar-refractivity contribution is 5.70. The van der Waals surface area contributed by atoms with Crippen LogP contribution in [0.3, 0.4) is 0 Å². The second-order valence-corrected chi connectivity index (χ2v) is 3.73. The van der Waals surface area contributed by atoms with E-state index < -0.39 is 0 Å². The van der Waals surface area contributed by atoms with Crippen LogP contribution in [0, 0.1) is 13.8 Å². The van der Waals surface area contributed by atoms with Gasteiger partial charge in [-0.2, -0.15) is 0 Å². The van der Waals surface area contributed by atoms with Crippen LogP contribution in [0.5, 0.6) is 0 Å². The van der Waals surface area contributed by atoms with Crippen LogP contribution in [0.25, 0.3) is 0 Å². The number of carbonyl (C=O) groups excluding carboxylic acids is 1. The molecule has 0 heterocycles. The minimum absolute atomic E-state index is 0.0150. The maximum absolute atomic E-state index is 11.0. The Balaban J connectivity index is 2.40. The predicted octanol–water partition coefficient (Wildman–Crippen LogP) is 2.38. The zero-order valence-electron chi connectivity index (χ0n) is 10.1. The summed E-state index contributed by atoms with van der Waals surface area (Å²) in [5.74, 6) is -0.313. The number of hydrogen-bond donors (Lipinski definition) is 0. The van der Waals surface area contributed by atoms with Gasteiger partial charge in [-0.15, -0.1) is 0 Å². The second kappa shape index (κ2) is 6.28. The Morgan fingerprint density at radius 3 is 2.69 bits per heavy atom. The zero-order chi connectivity index (χ0) is 12.0. The van der Waals surface area contributed by atoms with Gasteiger partial charge in [0, 0.05) is 0 Å². The van der Waals surface area contributed by atoms with Crippen molar-refractivity contribution in [2.45, 2.75) is 27.4 Å². The Hall–Kier alpha value is -1.35. The quantitative estimate of drug-likeness (QED) is 0.717. The molecule has 1 aromatic rings. The molecule has 3 heteroatoms. The van der Waals surface area contributed by atoms with Crippen LogP contribution in [0.4, 0.5) is 0 Å². The number of benzene rings is 1. The van der Waals surface area contributed by atoms with E-state index in [4.69, 9.17) is 9.47 Å². The molecular weight excluding hydrogens is 204 g/mol. The standard InChI is InChI=1S/C13H18O3/c1-4-16-13(14)9-15-8-12-6-5-10(2)7-11(12)3/h5-7H,4,8-9H2,1-3H3. The van der Waals surface area contributed by atoms with Crippen LogP contribution in [0.1, 0.15) is 23.6 Å². The topological polar surface area (TPSA) is 35.5 Å². The highest BCUT2D eigenvalue weighted by Gasteiger charge is 2.03. The molecule has 1 rings (SSSR count). The summed E-state index contributed by atoms with van der Waals surface area (Å²) in [5, 5.41) is 0. The SMILES string of the molecule is CCOC(=O)COCc1ccc(C)cc1C. The molecule has 3 nitrogen and oxygen atoms in total. The van der Waals surface area contributed by atoms with E-state index in [0.29, 0.717) is 13.2 Å². The summed E-state index contributed by atoms with van der Waals surface area (Å²) in [7, 11) is 0. The molecule has 0 N–H and O–H groups in total. The van der Waals surface area contributed by atoms with Crippen molar-refractivity contribution >= 4 is 5.97 Å². The second-order valence-electron chi connectivity index (χ2n) is 3.73. The van der Waals surface area contributed by atoms with E-state index in [1.807, 2.05) is 19.1 Å². The summed E-state index contributed by atoms with van der Waals surface area (Å²) in [4.78, 5) is 11.0. The lowest BCUT2D eigenvalue weighted by molar-refractivity contribution is -0.148. The molecule has 0 spiro atoms. The molecule has 0 aliphatic heterocycles. The normalized spacial score (nSPS) is 10.2. The average Bonchev–Trinajstić information content (AvgIpc) is 2.22. The number of hydrogen-bond acceptors (Lipinski definition) is 3. The lowest BCUT2D eigenvalue weighted by atomic mass is 10.1. The average molecular weight is 222 g/mol. The van der Waals surface area contributed by atoms with Gasteiger partial charge in [0.15, 0.2) is 0 Å². The summed E-state index contributed by atoms with van der Waals surface area (Å²) in [6.07, 6.45) is 0. The van der Waals surface area contributed by atoms with Gasteiger partial charge in [0.25, 0.3) is 0 Å². The number of aryl methyl sites for hydroxylation is 2. The van der Waals surface area contributed by atoms with Crippen molar-refractivity contribution in [3.05, 3.63) is 34.9 Å². The summed E-state index contributed by atoms with van der Waals surface area (Å²) >= 11 is 0. The molecule has 0 fully saturated rings. The van der Waals surface area contributed by atoms with Crippen LogP contribution in [0.2, 0.25) is 0 Å². The van der Waals surface area contributed by atoms with Gasteiger partial charge in [-0.25, -0.2) is 4.79 Å². The summed E-state index contributed by atoms with van der Waals surface area (Å²) in [6.45, 7) is 6.73. The Labute approximate surface area is 96.4 Å². The number of ether oxygens (including phenoxy) is 2. The van der Waals surface area contributed by atoms with E-state index in [1.165, 1.54) is 11.1 Å².